The first-order valence-corrected chi connectivity index (χ1v) is 11.3. The van der Waals surface area contributed by atoms with Crippen molar-refractivity contribution in [1.82, 2.24) is 4.90 Å². The summed E-state index contributed by atoms with van der Waals surface area (Å²) < 4.78 is 0.172. The van der Waals surface area contributed by atoms with Crippen LogP contribution < -0.4 is 11.5 Å². The number of benzene rings is 1. The highest BCUT2D eigenvalue weighted by molar-refractivity contribution is 14.1. The minimum Gasteiger partial charge on any atom is -0.508 e. The predicted molar refractivity (Wildman–Crippen MR) is 126 cm³/mol. The van der Waals surface area contributed by atoms with Gasteiger partial charge in [0.25, 0.3) is 5.91 Å². The minimum absolute atomic E-state index is 0.0183. The number of phenols is 1. The van der Waals surface area contributed by atoms with Crippen LogP contribution in [0.4, 0.5) is 5.69 Å². The number of aromatic hydroxyl groups is 1. The van der Waals surface area contributed by atoms with Gasteiger partial charge in [-0.15, -0.1) is 0 Å². The number of phenolic OH excluding ortho intramolecular Hbond substituents is 1. The Hall–Kier alpha value is -2.35. The molecular formula is C21H21ClIN3O7. The van der Waals surface area contributed by atoms with Crippen LogP contribution in [0, 0.1) is 15.4 Å². The number of nitrogens with two attached hydrogens (primary N) is 2. The summed E-state index contributed by atoms with van der Waals surface area (Å²) in [5.74, 6) is -7.14. The molecule has 0 heterocycles. The molecular weight excluding hydrogens is 569 g/mol. The number of carbonyl (C=O) groups excluding carboxylic acids is 3. The van der Waals surface area contributed by atoms with Crippen molar-refractivity contribution in [3.05, 3.63) is 36.6 Å². The van der Waals surface area contributed by atoms with Crippen molar-refractivity contribution in [2.75, 3.05) is 19.8 Å². The van der Waals surface area contributed by atoms with Gasteiger partial charge in [-0.25, -0.2) is 0 Å². The molecule has 176 valence electrons. The number of hydrogen-bond acceptors (Lipinski definition) is 9. The average Bonchev–Trinajstić information content (AvgIpc) is 2.72. The van der Waals surface area contributed by atoms with E-state index in [0.29, 0.717) is 5.56 Å². The van der Waals surface area contributed by atoms with E-state index in [4.69, 9.17) is 23.1 Å². The zero-order chi connectivity index (χ0) is 24.7. The second-order valence-electron chi connectivity index (χ2n) is 8.71. The summed E-state index contributed by atoms with van der Waals surface area (Å²) in [7, 11) is 3.07. The number of hydrogen-bond donors (Lipinski definition) is 6. The Labute approximate surface area is 206 Å². The number of rotatable bonds is 2. The maximum atomic E-state index is 13.7. The van der Waals surface area contributed by atoms with Crippen molar-refractivity contribution in [1.29, 1.82) is 0 Å². The number of likely N-dealkylation sites (N-methyl/N-ethyl adjacent to an activating group) is 1. The molecule has 4 atom stereocenters. The van der Waals surface area contributed by atoms with Gasteiger partial charge in [-0.1, -0.05) is 11.6 Å². The van der Waals surface area contributed by atoms with Gasteiger partial charge in [0.2, 0.25) is 5.78 Å². The Morgan fingerprint density at radius 2 is 1.85 bits per heavy atom. The molecule has 0 spiro atoms. The highest BCUT2D eigenvalue weighted by Crippen LogP contribution is 2.54. The maximum Gasteiger partial charge on any atom is 0.255 e. The van der Waals surface area contributed by atoms with Gasteiger partial charge < -0.3 is 31.9 Å². The van der Waals surface area contributed by atoms with Gasteiger partial charge in [0.05, 0.1) is 25.9 Å². The zero-order valence-electron chi connectivity index (χ0n) is 17.5. The number of carbonyl (C=O) groups is 3. The zero-order valence-corrected chi connectivity index (χ0v) is 20.4. The summed E-state index contributed by atoms with van der Waals surface area (Å²) in [6.07, 6.45) is 0.0696. The van der Waals surface area contributed by atoms with E-state index in [2.05, 4.69) is 0 Å². The molecule has 1 aromatic rings. The molecule has 1 amide bonds. The first-order valence-electron chi connectivity index (χ1n) is 9.89. The van der Waals surface area contributed by atoms with Crippen molar-refractivity contribution in [2.45, 2.75) is 24.5 Å². The highest BCUT2D eigenvalue weighted by atomic mass is 127. The van der Waals surface area contributed by atoms with Crippen LogP contribution in [0.5, 0.6) is 5.75 Å². The lowest BCUT2D eigenvalue weighted by Gasteiger charge is -2.50. The fraction of sp³-hybridized carbons (Fsp3) is 0.381. The Morgan fingerprint density at radius 3 is 2.39 bits per heavy atom. The molecule has 8 N–H and O–H groups in total. The molecule has 0 radical (unpaired) electrons. The number of Topliss-reactive ketones (excluding diaryl/α,β-unsaturated/α-hetero) is 2. The minimum atomic E-state index is -2.68. The predicted octanol–water partition coefficient (Wildman–Crippen LogP) is 0.804. The van der Waals surface area contributed by atoms with E-state index in [-0.39, 0.29) is 44.0 Å². The molecule has 1 fully saturated rings. The van der Waals surface area contributed by atoms with Crippen LogP contribution in [0.1, 0.15) is 17.5 Å². The molecule has 0 aromatic heterocycles. The van der Waals surface area contributed by atoms with Gasteiger partial charge in [0.15, 0.2) is 11.4 Å². The quantitative estimate of drug-likeness (QED) is 0.126. The second-order valence-corrected chi connectivity index (χ2v) is 10.2. The molecule has 12 heteroatoms. The first kappa shape index (κ1) is 23.8. The van der Waals surface area contributed by atoms with Crippen LogP contribution in [0.25, 0.3) is 5.76 Å². The summed E-state index contributed by atoms with van der Waals surface area (Å²) in [6.45, 7) is 0. The number of nitrogens with zero attached hydrogens (tertiary/aromatic N) is 1. The molecule has 0 bridgehead atoms. The van der Waals surface area contributed by atoms with E-state index in [0.717, 1.165) is 0 Å². The van der Waals surface area contributed by atoms with Crippen molar-refractivity contribution in [2.24, 2.45) is 17.6 Å². The third-order valence-electron chi connectivity index (χ3n) is 6.81. The number of ketones is 2. The Kier molecular flexibility index (Phi) is 5.47. The summed E-state index contributed by atoms with van der Waals surface area (Å²) in [6, 6.07) is -1.14. The number of aliphatic hydroxyl groups excluding tert-OH is 2. The van der Waals surface area contributed by atoms with E-state index in [1.165, 1.54) is 19.0 Å². The van der Waals surface area contributed by atoms with Crippen LogP contribution in [-0.2, 0) is 20.8 Å². The molecule has 0 saturated heterocycles. The normalized spacial score (nSPS) is 29.2. The van der Waals surface area contributed by atoms with Gasteiger partial charge in [-0.05, 0) is 61.0 Å². The Bertz CT molecular complexity index is 1220. The number of primary amides is 1. The summed E-state index contributed by atoms with van der Waals surface area (Å²) in [4.78, 5) is 40.0. The number of nitrogen functional groups attached to an aromatic ring is 1. The van der Waals surface area contributed by atoms with E-state index < -0.39 is 58.0 Å². The van der Waals surface area contributed by atoms with E-state index >= 15 is 0 Å². The SMILES string of the molecule is CN(C)[C@@H]1C(=O)C(C(N)=O)=C(O)[C@@]2(O)C(=O)C3=C(O)c4c(O)c(I)c(Cl)c(N)c4CC3CC12. The van der Waals surface area contributed by atoms with E-state index in [9.17, 15) is 34.8 Å². The first-order chi connectivity index (χ1) is 15.3. The van der Waals surface area contributed by atoms with Crippen LogP contribution in [0.2, 0.25) is 5.02 Å². The molecule has 33 heavy (non-hydrogen) atoms. The molecule has 3 aliphatic rings. The fourth-order valence-electron chi connectivity index (χ4n) is 5.34. The van der Waals surface area contributed by atoms with Gasteiger partial charge in [-0.3, -0.25) is 19.3 Å². The lowest BCUT2D eigenvalue weighted by Crippen LogP contribution is -2.65. The summed E-state index contributed by atoms with van der Waals surface area (Å²) >= 11 is 7.97. The largest absolute Gasteiger partial charge is 0.508 e. The van der Waals surface area contributed by atoms with E-state index in [1.807, 2.05) is 0 Å². The second kappa shape index (κ2) is 7.58. The molecule has 2 unspecified atom stereocenters. The summed E-state index contributed by atoms with van der Waals surface area (Å²) in [5, 5.41) is 44.1. The fourth-order valence-corrected chi connectivity index (χ4v) is 6.11. The van der Waals surface area contributed by atoms with Crippen LogP contribution in [0.15, 0.2) is 16.9 Å². The van der Waals surface area contributed by atoms with Crippen molar-refractivity contribution in [3.8, 4) is 5.75 Å². The average molecular weight is 590 g/mol. The molecule has 10 nitrogen and oxygen atoms in total. The Morgan fingerprint density at radius 1 is 1.24 bits per heavy atom. The van der Waals surface area contributed by atoms with Gasteiger partial charge in [0, 0.05) is 11.5 Å². The molecule has 4 rings (SSSR count). The number of amides is 1. The third-order valence-corrected chi connectivity index (χ3v) is 8.58. The standard InChI is InChI=1S/C21H21ClIN3O7/c1-26(2)14-7-4-5-3-6-9(16(28)12(23)11(22)13(6)24)15(27)8(5)18(30)21(7,33)19(31)10(17(14)29)20(25)32/h5,7,14,27-28,31,33H,3-4,24H2,1-2H3,(H2,25,32)/t5?,7?,14-,21-/m0/s1. The Balaban J connectivity index is 2.02. The molecule has 3 aliphatic carbocycles. The van der Waals surface area contributed by atoms with Crippen LogP contribution in [0.3, 0.4) is 0 Å². The number of halogens is 2. The number of fused-ring (bicyclic) bond motifs is 3. The van der Waals surface area contributed by atoms with Gasteiger partial charge in [0.1, 0.15) is 22.8 Å². The monoisotopic (exact) mass is 589 g/mol. The van der Waals surface area contributed by atoms with Crippen LogP contribution in [-0.4, -0.2) is 68.5 Å². The van der Waals surface area contributed by atoms with Gasteiger partial charge >= 0.3 is 0 Å². The lowest BCUT2D eigenvalue weighted by atomic mass is 9.57. The number of anilines is 1. The van der Waals surface area contributed by atoms with Crippen molar-refractivity contribution >= 4 is 63.1 Å². The smallest absolute Gasteiger partial charge is 0.255 e. The third kappa shape index (κ3) is 2.95. The van der Waals surface area contributed by atoms with Gasteiger partial charge in [-0.2, -0.15) is 0 Å². The van der Waals surface area contributed by atoms with Crippen molar-refractivity contribution in [3.63, 3.8) is 0 Å². The lowest BCUT2D eigenvalue weighted by molar-refractivity contribution is -0.153. The summed E-state index contributed by atoms with van der Waals surface area (Å²) in [5.41, 5.74) is 8.04. The van der Waals surface area contributed by atoms with Crippen molar-refractivity contribution < 1.29 is 34.8 Å². The molecule has 1 saturated carbocycles. The highest BCUT2D eigenvalue weighted by Gasteiger charge is 2.64. The maximum absolute atomic E-state index is 13.7. The number of aliphatic hydroxyl groups is 3. The van der Waals surface area contributed by atoms with Crippen LogP contribution >= 0.6 is 34.2 Å². The van der Waals surface area contributed by atoms with E-state index in [1.54, 1.807) is 22.6 Å². The molecule has 1 aromatic carbocycles. The topological polar surface area (TPSA) is 187 Å². The molecule has 0 aliphatic heterocycles.